The highest BCUT2D eigenvalue weighted by Crippen LogP contribution is 2.42. The summed E-state index contributed by atoms with van der Waals surface area (Å²) in [5, 5.41) is 13.1. The van der Waals surface area contributed by atoms with Gasteiger partial charge in [0.25, 0.3) is 5.78 Å². The van der Waals surface area contributed by atoms with Crippen molar-refractivity contribution in [1.82, 2.24) is 4.98 Å². The second-order valence-electron chi connectivity index (χ2n) is 6.83. The summed E-state index contributed by atoms with van der Waals surface area (Å²) < 4.78 is 9.93. The maximum atomic E-state index is 13.0. The molecular formula is C23H18N2O6S. The number of Topliss-reactive ketones (excluding diaryl/α,β-unsaturated/α-hetero) is 1. The smallest absolute Gasteiger partial charge is 0.337 e. The molecule has 0 aliphatic carbocycles. The van der Waals surface area contributed by atoms with Gasteiger partial charge in [-0.05, 0) is 29.8 Å². The van der Waals surface area contributed by atoms with Gasteiger partial charge in [-0.15, -0.1) is 11.3 Å². The fourth-order valence-electron chi connectivity index (χ4n) is 3.53. The third-order valence-corrected chi connectivity index (χ3v) is 5.83. The third kappa shape index (κ3) is 3.63. The summed E-state index contributed by atoms with van der Waals surface area (Å²) in [6.07, 6.45) is 1.53. The van der Waals surface area contributed by atoms with E-state index in [1.807, 2.05) is 0 Å². The zero-order valence-corrected chi connectivity index (χ0v) is 18.0. The molecule has 1 atom stereocenters. The van der Waals surface area contributed by atoms with Crippen molar-refractivity contribution in [1.29, 1.82) is 0 Å². The van der Waals surface area contributed by atoms with Crippen LogP contribution >= 0.6 is 11.3 Å². The Balaban J connectivity index is 1.90. The number of ketones is 1. The molecular weight excluding hydrogens is 432 g/mol. The zero-order valence-electron chi connectivity index (χ0n) is 17.1. The first-order chi connectivity index (χ1) is 15.5. The molecule has 1 amide bonds. The standard InChI is InChI=1S/C23H18N2O6S/c1-30-16-5-3-4-15(12-16)19(26)17-18(13-6-8-14(9-7-13)22(29)31-2)25(21(28)20(17)27)23-24-10-11-32-23/h3-12,18,26H,1-2H3/b19-17+. The summed E-state index contributed by atoms with van der Waals surface area (Å²) >= 11 is 1.20. The fraction of sp³-hybridized carbons (Fsp3) is 0.130. The van der Waals surface area contributed by atoms with Crippen molar-refractivity contribution in [3.8, 4) is 5.75 Å². The average Bonchev–Trinajstić information content (AvgIpc) is 3.45. The Hall–Kier alpha value is -3.98. The highest BCUT2D eigenvalue weighted by atomic mass is 32.1. The number of amides is 1. The number of ether oxygens (including phenoxy) is 2. The van der Waals surface area contributed by atoms with Crippen LogP contribution in [0.5, 0.6) is 5.75 Å². The van der Waals surface area contributed by atoms with Crippen LogP contribution in [0.2, 0.25) is 0 Å². The first-order valence-electron chi connectivity index (χ1n) is 9.49. The number of nitrogens with zero attached hydrogens (tertiary/aromatic N) is 2. The van der Waals surface area contributed by atoms with Crippen LogP contribution in [0.25, 0.3) is 5.76 Å². The molecule has 2 aromatic carbocycles. The number of hydrogen-bond donors (Lipinski definition) is 1. The Morgan fingerprint density at radius 2 is 1.84 bits per heavy atom. The minimum atomic E-state index is -0.931. The van der Waals surface area contributed by atoms with E-state index < -0.39 is 23.7 Å². The van der Waals surface area contributed by atoms with Crippen LogP contribution in [0, 0.1) is 0 Å². The molecule has 1 saturated heterocycles. The van der Waals surface area contributed by atoms with Gasteiger partial charge in [0, 0.05) is 17.1 Å². The lowest BCUT2D eigenvalue weighted by Gasteiger charge is -2.23. The molecule has 1 aromatic heterocycles. The Kier molecular flexibility index (Phi) is 5.74. The van der Waals surface area contributed by atoms with Crippen molar-refractivity contribution in [2.45, 2.75) is 6.04 Å². The summed E-state index contributed by atoms with van der Waals surface area (Å²) in [7, 11) is 2.77. The largest absolute Gasteiger partial charge is 0.507 e. The number of benzene rings is 2. The van der Waals surface area contributed by atoms with Gasteiger partial charge >= 0.3 is 11.9 Å². The van der Waals surface area contributed by atoms with E-state index in [-0.39, 0.29) is 11.3 Å². The molecule has 3 aromatic rings. The summed E-state index contributed by atoms with van der Waals surface area (Å²) in [4.78, 5) is 43.3. The molecule has 4 rings (SSSR count). The zero-order chi connectivity index (χ0) is 22.8. The first-order valence-corrected chi connectivity index (χ1v) is 10.4. The number of rotatable bonds is 5. The molecule has 1 fully saturated rings. The highest BCUT2D eigenvalue weighted by molar-refractivity contribution is 7.14. The quantitative estimate of drug-likeness (QED) is 0.274. The number of hydrogen-bond acceptors (Lipinski definition) is 8. The van der Waals surface area contributed by atoms with E-state index in [0.29, 0.717) is 27.6 Å². The van der Waals surface area contributed by atoms with Crippen molar-refractivity contribution < 1.29 is 29.0 Å². The second-order valence-corrected chi connectivity index (χ2v) is 7.70. The van der Waals surface area contributed by atoms with Gasteiger partial charge in [-0.3, -0.25) is 14.5 Å². The number of aromatic nitrogens is 1. The maximum absolute atomic E-state index is 13.0. The number of aliphatic hydroxyl groups excluding tert-OH is 1. The minimum Gasteiger partial charge on any atom is -0.507 e. The number of esters is 1. The maximum Gasteiger partial charge on any atom is 0.337 e. The minimum absolute atomic E-state index is 0.0794. The Bertz CT molecular complexity index is 1220. The molecule has 1 aliphatic heterocycles. The molecule has 0 radical (unpaired) electrons. The average molecular weight is 450 g/mol. The van der Waals surface area contributed by atoms with Crippen LogP contribution in [0.4, 0.5) is 5.13 Å². The van der Waals surface area contributed by atoms with Gasteiger partial charge in [0.15, 0.2) is 5.13 Å². The predicted molar refractivity (Wildman–Crippen MR) is 118 cm³/mol. The van der Waals surface area contributed by atoms with Crippen LogP contribution in [-0.4, -0.2) is 42.0 Å². The molecule has 32 heavy (non-hydrogen) atoms. The Morgan fingerprint density at radius 1 is 1.09 bits per heavy atom. The molecule has 1 aliphatic rings. The van der Waals surface area contributed by atoms with E-state index in [1.165, 1.54) is 48.8 Å². The Morgan fingerprint density at radius 3 is 2.47 bits per heavy atom. The van der Waals surface area contributed by atoms with Crippen LogP contribution in [-0.2, 0) is 14.3 Å². The van der Waals surface area contributed by atoms with Crippen molar-refractivity contribution in [2.24, 2.45) is 0 Å². The molecule has 9 heteroatoms. The Labute approximate surface area is 187 Å². The van der Waals surface area contributed by atoms with Crippen molar-refractivity contribution in [3.63, 3.8) is 0 Å². The van der Waals surface area contributed by atoms with Crippen LogP contribution < -0.4 is 9.64 Å². The van der Waals surface area contributed by atoms with Crippen molar-refractivity contribution >= 4 is 39.9 Å². The lowest BCUT2D eigenvalue weighted by molar-refractivity contribution is -0.132. The van der Waals surface area contributed by atoms with E-state index in [2.05, 4.69) is 4.98 Å². The van der Waals surface area contributed by atoms with Gasteiger partial charge in [0.05, 0.1) is 31.4 Å². The molecule has 0 bridgehead atoms. The molecule has 2 heterocycles. The molecule has 1 unspecified atom stereocenters. The first kappa shape index (κ1) is 21.3. The second kappa shape index (κ2) is 8.64. The van der Waals surface area contributed by atoms with Gasteiger partial charge in [-0.2, -0.15) is 0 Å². The summed E-state index contributed by atoms with van der Waals surface area (Å²) in [5.41, 5.74) is 1.09. The molecule has 0 spiro atoms. The topological polar surface area (TPSA) is 106 Å². The van der Waals surface area contributed by atoms with Gasteiger partial charge in [0.2, 0.25) is 0 Å². The number of methoxy groups -OCH3 is 2. The summed E-state index contributed by atoms with van der Waals surface area (Å²) in [6, 6.07) is 11.9. The number of anilines is 1. The molecule has 8 nitrogen and oxygen atoms in total. The number of thiazole rings is 1. The predicted octanol–water partition coefficient (Wildman–Crippen LogP) is 3.56. The third-order valence-electron chi connectivity index (χ3n) is 5.06. The van der Waals surface area contributed by atoms with Crippen LogP contribution in [0.3, 0.4) is 0 Å². The lowest BCUT2D eigenvalue weighted by Crippen LogP contribution is -2.29. The van der Waals surface area contributed by atoms with Crippen molar-refractivity contribution in [2.75, 3.05) is 19.1 Å². The van der Waals surface area contributed by atoms with Crippen molar-refractivity contribution in [3.05, 3.63) is 82.4 Å². The van der Waals surface area contributed by atoms with E-state index >= 15 is 0 Å². The lowest BCUT2D eigenvalue weighted by atomic mass is 9.94. The number of carbonyl (C=O) groups excluding carboxylic acids is 3. The van der Waals surface area contributed by atoms with E-state index in [1.54, 1.807) is 41.8 Å². The van der Waals surface area contributed by atoms with E-state index in [4.69, 9.17) is 9.47 Å². The van der Waals surface area contributed by atoms with Gasteiger partial charge < -0.3 is 14.6 Å². The highest BCUT2D eigenvalue weighted by Gasteiger charge is 2.48. The van der Waals surface area contributed by atoms with E-state index in [0.717, 1.165) is 0 Å². The van der Waals surface area contributed by atoms with Crippen LogP contribution in [0.15, 0.2) is 65.7 Å². The van der Waals surface area contributed by atoms with Gasteiger partial charge in [0.1, 0.15) is 11.5 Å². The monoisotopic (exact) mass is 450 g/mol. The summed E-state index contributed by atoms with van der Waals surface area (Å²) in [6.45, 7) is 0. The van der Waals surface area contributed by atoms with E-state index in [9.17, 15) is 19.5 Å². The molecule has 0 saturated carbocycles. The van der Waals surface area contributed by atoms with Gasteiger partial charge in [-0.1, -0.05) is 24.3 Å². The SMILES string of the molecule is COC(=O)c1ccc(C2/C(=C(\O)c3cccc(OC)c3)C(=O)C(=O)N2c2nccs2)cc1. The number of aliphatic hydroxyl groups is 1. The van der Waals surface area contributed by atoms with Crippen LogP contribution in [0.1, 0.15) is 27.5 Å². The van der Waals surface area contributed by atoms with Gasteiger partial charge in [-0.25, -0.2) is 9.78 Å². The molecule has 162 valence electrons. The summed E-state index contributed by atoms with van der Waals surface area (Å²) in [5.74, 6) is -1.98. The molecule has 1 N–H and O–H groups in total. The fourth-order valence-corrected chi connectivity index (χ4v) is 4.19. The normalized spacial score (nSPS) is 17.4. The number of carbonyl (C=O) groups is 3.